The second kappa shape index (κ2) is 10.9. The Kier molecular flexibility index (Phi) is 10.1. The first kappa shape index (κ1) is 21.3. The monoisotopic (exact) mass is 331 g/mol. The van der Waals surface area contributed by atoms with Crippen LogP contribution in [0.25, 0.3) is 0 Å². The van der Waals surface area contributed by atoms with Gasteiger partial charge in [0.2, 0.25) is 11.8 Å². The van der Waals surface area contributed by atoms with Crippen LogP contribution in [-0.2, 0) is 14.4 Å². The van der Waals surface area contributed by atoms with Gasteiger partial charge in [-0.25, -0.2) is 4.79 Å². The molecule has 0 aromatic rings. The van der Waals surface area contributed by atoms with Crippen LogP contribution >= 0.6 is 0 Å². The molecule has 0 spiro atoms. The molecule has 0 aromatic heterocycles. The van der Waals surface area contributed by atoms with Crippen molar-refractivity contribution in [1.82, 2.24) is 10.6 Å². The lowest BCUT2D eigenvalue weighted by atomic mass is 9.97. The minimum absolute atomic E-state index is 0.106. The predicted octanol–water partition coefficient (Wildman–Crippen LogP) is -1.89. The Labute approximate surface area is 136 Å². The maximum absolute atomic E-state index is 12.4. The summed E-state index contributed by atoms with van der Waals surface area (Å²) >= 11 is 0. The molecule has 0 fully saturated rings. The van der Waals surface area contributed by atoms with E-state index in [1.54, 1.807) is 6.92 Å². The lowest BCUT2D eigenvalue weighted by molar-refractivity contribution is -0.142. The van der Waals surface area contributed by atoms with Crippen LogP contribution in [-0.4, -0.2) is 54.1 Å². The first-order valence-corrected chi connectivity index (χ1v) is 7.77. The molecule has 0 bridgehead atoms. The van der Waals surface area contributed by atoms with E-state index in [9.17, 15) is 14.4 Å². The van der Waals surface area contributed by atoms with Gasteiger partial charge in [0.05, 0.1) is 6.04 Å². The van der Waals surface area contributed by atoms with E-state index < -0.39 is 35.9 Å². The molecule has 0 aliphatic rings. The molecule has 134 valence electrons. The average molecular weight is 331 g/mol. The summed E-state index contributed by atoms with van der Waals surface area (Å²) < 4.78 is 0. The van der Waals surface area contributed by atoms with Crippen molar-refractivity contribution in [3.8, 4) is 0 Å². The van der Waals surface area contributed by atoms with Gasteiger partial charge < -0.3 is 32.9 Å². The maximum atomic E-state index is 12.4. The van der Waals surface area contributed by atoms with E-state index in [0.29, 0.717) is 12.8 Å². The Morgan fingerprint density at radius 1 is 1.04 bits per heavy atom. The Hall–Kier alpha value is -1.71. The molecular weight excluding hydrogens is 302 g/mol. The Morgan fingerprint density at radius 3 is 2.04 bits per heavy atom. The quantitative estimate of drug-likeness (QED) is 0.256. The molecule has 0 heterocycles. The number of nitrogens with one attached hydrogen (secondary N) is 2. The minimum atomic E-state index is -1.17. The standard InChI is InChI=1S/C14H29N5O4/c1-3-8(2)11(19-12(20)9(17)4-6-15)13(21)18-10(5-7-16)14(22)23/h8-11H,3-7,15-17H2,1-2H3,(H,18,21)(H,19,20)(H,22,23)/t8-,9-,10-,11-/m0/s1. The summed E-state index contributed by atoms with van der Waals surface area (Å²) in [6, 6.07) is -2.76. The molecule has 9 N–H and O–H groups in total. The first-order valence-electron chi connectivity index (χ1n) is 7.77. The van der Waals surface area contributed by atoms with E-state index in [1.807, 2.05) is 6.92 Å². The van der Waals surface area contributed by atoms with Gasteiger partial charge in [-0.3, -0.25) is 9.59 Å². The van der Waals surface area contributed by atoms with E-state index in [2.05, 4.69) is 10.6 Å². The van der Waals surface area contributed by atoms with Crippen LogP contribution in [0.5, 0.6) is 0 Å². The fourth-order valence-corrected chi connectivity index (χ4v) is 1.96. The van der Waals surface area contributed by atoms with Crippen LogP contribution in [0.2, 0.25) is 0 Å². The summed E-state index contributed by atoms with van der Waals surface area (Å²) in [5.74, 6) is -2.40. The van der Waals surface area contributed by atoms with Crippen molar-refractivity contribution in [3.63, 3.8) is 0 Å². The molecule has 0 aromatic carbocycles. The summed E-state index contributed by atoms with van der Waals surface area (Å²) in [6.07, 6.45) is 1.03. The molecule has 9 heteroatoms. The molecule has 0 unspecified atom stereocenters. The highest BCUT2D eigenvalue weighted by molar-refractivity contribution is 5.91. The maximum Gasteiger partial charge on any atom is 0.326 e. The van der Waals surface area contributed by atoms with E-state index in [1.165, 1.54) is 0 Å². The zero-order valence-corrected chi connectivity index (χ0v) is 13.7. The number of carbonyl (C=O) groups is 3. The molecule has 0 saturated carbocycles. The number of carboxylic acid groups (broad SMARTS) is 1. The molecule has 23 heavy (non-hydrogen) atoms. The molecule has 4 atom stereocenters. The number of amides is 2. The van der Waals surface area contributed by atoms with Crippen LogP contribution in [0, 0.1) is 5.92 Å². The van der Waals surface area contributed by atoms with Crippen LogP contribution in [0.1, 0.15) is 33.1 Å². The second-order valence-corrected chi connectivity index (χ2v) is 5.53. The minimum Gasteiger partial charge on any atom is -0.480 e. The number of nitrogens with two attached hydrogens (primary N) is 3. The largest absolute Gasteiger partial charge is 0.480 e. The zero-order valence-electron chi connectivity index (χ0n) is 13.7. The third-order valence-electron chi connectivity index (χ3n) is 3.68. The fourth-order valence-electron chi connectivity index (χ4n) is 1.96. The smallest absolute Gasteiger partial charge is 0.326 e. The molecule has 9 nitrogen and oxygen atoms in total. The number of hydrogen-bond acceptors (Lipinski definition) is 6. The van der Waals surface area contributed by atoms with Crippen molar-refractivity contribution in [2.75, 3.05) is 13.1 Å². The number of hydrogen-bond donors (Lipinski definition) is 6. The van der Waals surface area contributed by atoms with Crippen LogP contribution in [0.4, 0.5) is 0 Å². The van der Waals surface area contributed by atoms with E-state index in [0.717, 1.165) is 0 Å². The van der Waals surface area contributed by atoms with E-state index in [-0.39, 0.29) is 25.4 Å². The highest BCUT2D eigenvalue weighted by Gasteiger charge is 2.30. The van der Waals surface area contributed by atoms with Crippen LogP contribution in [0.15, 0.2) is 0 Å². The molecule has 0 aliphatic carbocycles. The van der Waals surface area contributed by atoms with Crippen molar-refractivity contribution in [3.05, 3.63) is 0 Å². The summed E-state index contributed by atoms with van der Waals surface area (Å²) in [7, 11) is 0. The molecule has 2 amide bonds. The third kappa shape index (κ3) is 7.40. The van der Waals surface area contributed by atoms with Gasteiger partial charge in [-0.15, -0.1) is 0 Å². The van der Waals surface area contributed by atoms with Gasteiger partial charge in [-0.1, -0.05) is 20.3 Å². The molecule has 0 radical (unpaired) electrons. The second-order valence-electron chi connectivity index (χ2n) is 5.53. The lowest BCUT2D eigenvalue weighted by Gasteiger charge is -2.26. The summed E-state index contributed by atoms with van der Waals surface area (Å²) in [5, 5.41) is 14.1. The molecule has 0 rings (SSSR count). The van der Waals surface area contributed by atoms with Crippen molar-refractivity contribution in [1.29, 1.82) is 0 Å². The van der Waals surface area contributed by atoms with Gasteiger partial charge >= 0.3 is 5.97 Å². The van der Waals surface area contributed by atoms with Gasteiger partial charge in [0.15, 0.2) is 0 Å². The van der Waals surface area contributed by atoms with E-state index in [4.69, 9.17) is 22.3 Å². The topological polar surface area (TPSA) is 174 Å². The SMILES string of the molecule is CC[C@H](C)[C@H](NC(=O)[C@@H](N)CCN)C(=O)N[C@@H](CCN)C(=O)O. The van der Waals surface area contributed by atoms with Gasteiger partial charge in [0.1, 0.15) is 12.1 Å². The van der Waals surface area contributed by atoms with Crippen LogP contribution < -0.4 is 27.8 Å². The Morgan fingerprint density at radius 2 is 1.61 bits per heavy atom. The number of carbonyl (C=O) groups excluding carboxylic acids is 2. The zero-order chi connectivity index (χ0) is 18.0. The lowest BCUT2D eigenvalue weighted by Crippen LogP contribution is -2.57. The number of aliphatic carboxylic acids is 1. The van der Waals surface area contributed by atoms with Gasteiger partial charge in [0, 0.05) is 0 Å². The van der Waals surface area contributed by atoms with Gasteiger partial charge in [0.25, 0.3) is 0 Å². The fraction of sp³-hybridized carbons (Fsp3) is 0.786. The number of carboxylic acids is 1. The Bertz CT molecular complexity index is 405. The Balaban J connectivity index is 4.98. The van der Waals surface area contributed by atoms with Crippen molar-refractivity contribution in [2.24, 2.45) is 23.1 Å². The van der Waals surface area contributed by atoms with Crippen LogP contribution in [0.3, 0.4) is 0 Å². The summed E-state index contributed by atoms with van der Waals surface area (Å²) in [6.45, 7) is 4.04. The van der Waals surface area contributed by atoms with Crippen molar-refractivity contribution < 1.29 is 19.5 Å². The van der Waals surface area contributed by atoms with Gasteiger partial charge in [-0.05, 0) is 31.8 Å². The normalized spacial score (nSPS) is 16.0. The summed E-state index contributed by atoms with van der Waals surface area (Å²) in [5.41, 5.74) is 16.4. The van der Waals surface area contributed by atoms with Crippen molar-refractivity contribution in [2.45, 2.75) is 51.2 Å². The summed E-state index contributed by atoms with van der Waals surface area (Å²) in [4.78, 5) is 35.5. The van der Waals surface area contributed by atoms with E-state index >= 15 is 0 Å². The predicted molar refractivity (Wildman–Crippen MR) is 86.3 cm³/mol. The highest BCUT2D eigenvalue weighted by Crippen LogP contribution is 2.09. The first-order chi connectivity index (χ1) is 10.8. The molecule has 0 saturated heterocycles. The van der Waals surface area contributed by atoms with Crippen molar-refractivity contribution >= 4 is 17.8 Å². The van der Waals surface area contributed by atoms with Gasteiger partial charge in [-0.2, -0.15) is 0 Å². The number of rotatable bonds is 11. The third-order valence-corrected chi connectivity index (χ3v) is 3.68. The average Bonchev–Trinajstić information content (AvgIpc) is 2.50. The highest BCUT2D eigenvalue weighted by atomic mass is 16.4. The molecular formula is C14H29N5O4. The molecule has 0 aliphatic heterocycles.